The van der Waals surface area contributed by atoms with E-state index in [0.29, 0.717) is 12.8 Å². The fraction of sp³-hybridized carbons (Fsp3) is 0.913. The highest BCUT2D eigenvalue weighted by atomic mass is 16.8. The number of carboxylic acids is 1. The summed E-state index contributed by atoms with van der Waals surface area (Å²) in [5.74, 6) is -7.36. The molecule has 0 aromatic rings. The van der Waals surface area contributed by atoms with Gasteiger partial charge in [-0.1, -0.05) is 193 Å². The highest BCUT2D eigenvalue weighted by molar-refractivity contribution is 5.77. The lowest BCUT2D eigenvalue weighted by molar-refractivity contribution is -0.401. The van der Waals surface area contributed by atoms with Gasteiger partial charge in [-0.2, -0.15) is 0 Å². The number of aliphatic carboxylic acids is 1. The van der Waals surface area contributed by atoms with Crippen LogP contribution in [0, 0.1) is 0 Å². The van der Waals surface area contributed by atoms with Gasteiger partial charge in [0.05, 0.1) is 57.3 Å². The Morgan fingerprint density at radius 2 is 0.990 bits per heavy atom. The molecule has 4 saturated heterocycles. The minimum Gasteiger partial charge on any atom is -0.477 e. The van der Waals surface area contributed by atoms with Crippen molar-refractivity contribution in [3.8, 4) is 0 Å². The predicted octanol–water partition coefficient (Wildman–Crippen LogP) is 1.91. The highest BCUT2D eigenvalue weighted by Gasteiger charge is 2.61. The Bertz CT molecular complexity index is 2210. The second-order valence-corrected chi connectivity index (χ2v) is 27.2. The second kappa shape index (κ2) is 47.9. The SMILES string of the molecule is CCCCCCCCCCCCC/C=C/[C@@H](O)[C@H](CO[C@@H]1O[C@H](CO)[C@@H](O[C@@H]2O[C@H](CO)[C@H](O[C@@H]3O[C@H](CO)[C@H](O)[C@H](O)[C@H]3NC(C)=O)[C@H](O[C@]3(C(=O)O)C[C@H](O)[C@@H](NC(C)=O)C([C@H](O)[C@H](O)CO)O3)[C@H]2O)[C@H](O)[C@H]1O)NC(=O)CCCCCCCCCCCCCCCCCCC. The van der Waals surface area contributed by atoms with Crippen LogP contribution in [0.25, 0.3) is 0 Å². The summed E-state index contributed by atoms with van der Waals surface area (Å²) in [6.07, 6.45) is -1.88. The number of aliphatic hydroxyl groups is 13. The topological polar surface area (TPSA) is 461 Å². The highest BCUT2D eigenvalue weighted by Crippen LogP contribution is 2.40. The van der Waals surface area contributed by atoms with Gasteiger partial charge < -0.3 is 125 Å². The summed E-state index contributed by atoms with van der Waals surface area (Å²) in [5.41, 5.74) is 0. The smallest absolute Gasteiger partial charge is 0.364 e. The van der Waals surface area contributed by atoms with Crippen LogP contribution in [-0.2, 0) is 57.1 Å². The molecule has 0 aromatic carbocycles. The molecule has 4 rings (SSSR count). The third-order valence-electron chi connectivity index (χ3n) is 19.0. The summed E-state index contributed by atoms with van der Waals surface area (Å²) < 4.78 is 47.9. The summed E-state index contributed by atoms with van der Waals surface area (Å²) in [6, 6.07) is -4.52. The molecule has 4 heterocycles. The van der Waals surface area contributed by atoms with Crippen molar-refractivity contribution in [3.05, 3.63) is 12.2 Å². The van der Waals surface area contributed by atoms with Crippen molar-refractivity contribution < 1.29 is 129 Å². The largest absolute Gasteiger partial charge is 0.477 e. The molecule has 0 bridgehead atoms. The molecule has 0 saturated carbocycles. The Morgan fingerprint density at radius 1 is 0.531 bits per heavy atom. The Balaban J connectivity index is 1.52. The number of allylic oxidation sites excluding steroid dienone is 1. The number of nitrogens with one attached hydrogen (secondary N) is 3. The quantitative estimate of drug-likeness (QED) is 0.0305. The average molecular weight is 1410 g/mol. The van der Waals surface area contributed by atoms with Crippen LogP contribution in [0.4, 0.5) is 0 Å². The normalized spacial score (nSPS) is 31.9. The van der Waals surface area contributed by atoms with Gasteiger partial charge in [-0.25, -0.2) is 4.79 Å². The van der Waals surface area contributed by atoms with E-state index in [0.717, 1.165) is 65.2 Å². The summed E-state index contributed by atoms with van der Waals surface area (Å²) in [4.78, 5) is 51.9. The van der Waals surface area contributed by atoms with Gasteiger partial charge in [0.15, 0.2) is 18.9 Å². The standard InChI is InChI=1S/C69H125N3O26/c1-5-7-9-11-13-15-17-19-20-21-22-24-26-28-30-32-34-36-52(82)72-45(46(79)35-33-31-29-27-25-23-18-16-14-12-10-8-6-2)42-91-66-59(87)58(86)61(50(40-75)93-66)95-67-60(88)64(62(51(41-76)94-67)96-65-54(71-44(4)78)57(85)56(84)49(39-74)92-65)98-69(68(89)90)37-47(80)53(70-43(3)77)63(97-69)55(83)48(81)38-73/h33,35,45-51,53-67,73-76,79-81,83-88H,5-32,34,36-42H2,1-4H3,(H,70,77)(H,71,78)(H,72,82)(H,89,90)/b35-33+/t45-,46+,47-,48+,49+,50+,51+,53+,54+,55+,56-,57+,58+,59+,60+,61+,62-,63?,64+,65-,66+,67-,69-/m0/s1. The molecule has 23 atom stereocenters. The van der Waals surface area contributed by atoms with Gasteiger partial charge in [0.2, 0.25) is 17.7 Å². The number of carbonyl (C=O) groups is 4. The van der Waals surface area contributed by atoms with Gasteiger partial charge in [-0.15, -0.1) is 0 Å². The summed E-state index contributed by atoms with van der Waals surface area (Å²) in [5, 5.41) is 163. The fourth-order valence-electron chi connectivity index (χ4n) is 13.2. The number of hydrogen-bond donors (Lipinski definition) is 17. The Kier molecular flexibility index (Phi) is 42.6. The van der Waals surface area contributed by atoms with Gasteiger partial charge >= 0.3 is 5.97 Å². The molecule has 98 heavy (non-hydrogen) atoms. The van der Waals surface area contributed by atoms with Gasteiger partial charge in [0.25, 0.3) is 5.79 Å². The van der Waals surface area contributed by atoms with Crippen LogP contribution in [-0.4, -0.2) is 269 Å². The van der Waals surface area contributed by atoms with E-state index in [9.17, 15) is 90.7 Å². The van der Waals surface area contributed by atoms with E-state index in [1.807, 2.05) is 6.08 Å². The van der Waals surface area contributed by atoms with Crippen LogP contribution < -0.4 is 16.0 Å². The molecular formula is C69H125N3O26. The van der Waals surface area contributed by atoms with Crippen LogP contribution in [0.15, 0.2) is 12.2 Å². The van der Waals surface area contributed by atoms with E-state index in [-0.39, 0.29) is 12.3 Å². The lowest BCUT2D eigenvalue weighted by Gasteiger charge is -2.52. The van der Waals surface area contributed by atoms with E-state index in [1.54, 1.807) is 6.08 Å². The van der Waals surface area contributed by atoms with Crippen molar-refractivity contribution in [2.24, 2.45) is 0 Å². The van der Waals surface area contributed by atoms with Gasteiger partial charge in [0.1, 0.15) is 91.5 Å². The van der Waals surface area contributed by atoms with Crippen molar-refractivity contribution in [1.29, 1.82) is 0 Å². The first kappa shape index (κ1) is 87.2. The van der Waals surface area contributed by atoms with Crippen molar-refractivity contribution in [2.45, 2.75) is 367 Å². The summed E-state index contributed by atoms with van der Waals surface area (Å²) in [6.45, 7) is 1.74. The van der Waals surface area contributed by atoms with Gasteiger partial charge in [-0.05, 0) is 19.3 Å². The van der Waals surface area contributed by atoms with E-state index in [1.165, 1.54) is 122 Å². The summed E-state index contributed by atoms with van der Waals surface area (Å²) in [7, 11) is 0. The lowest BCUT2D eigenvalue weighted by Crippen LogP contribution is -2.72. The minimum atomic E-state index is -3.28. The first-order valence-electron chi connectivity index (χ1n) is 36.6. The third kappa shape index (κ3) is 28.8. The second-order valence-electron chi connectivity index (χ2n) is 27.2. The lowest BCUT2D eigenvalue weighted by atomic mass is 9.88. The number of unbranched alkanes of at least 4 members (excludes halogenated alkanes) is 27. The molecule has 1 unspecified atom stereocenters. The molecule has 29 heteroatoms. The summed E-state index contributed by atoms with van der Waals surface area (Å²) >= 11 is 0. The van der Waals surface area contributed by atoms with E-state index in [2.05, 4.69) is 29.8 Å². The number of carbonyl (C=O) groups excluding carboxylic acids is 3. The maximum absolute atomic E-state index is 13.6. The van der Waals surface area contributed by atoms with Crippen LogP contribution in [0.2, 0.25) is 0 Å². The fourth-order valence-corrected chi connectivity index (χ4v) is 13.2. The molecular weight excluding hydrogens is 1290 g/mol. The third-order valence-corrected chi connectivity index (χ3v) is 19.0. The Labute approximate surface area is 578 Å². The number of ether oxygens (including phenoxy) is 8. The van der Waals surface area contributed by atoms with E-state index in [4.69, 9.17) is 37.9 Å². The molecule has 4 fully saturated rings. The van der Waals surface area contributed by atoms with Crippen molar-refractivity contribution in [3.63, 3.8) is 0 Å². The van der Waals surface area contributed by atoms with Crippen LogP contribution in [0.1, 0.15) is 227 Å². The maximum atomic E-state index is 13.6. The van der Waals surface area contributed by atoms with Crippen molar-refractivity contribution >= 4 is 23.7 Å². The average Bonchev–Trinajstić information content (AvgIpc) is 0.751. The maximum Gasteiger partial charge on any atom is 0.364 e. The zero-order valence-corrected chi connectivity index (χ0v) is 58.5. The predicted molar refractivity (Wildman–Crippen MR) is 355 cm³/mol. The van der Waals surface area contributed by atoms with Crippen molar-refractivity contribution in [2.75, 3.05) is 33.0 Å². The molecule has 0 spiro atoms. The molecule has 29 nitrogen and oxygen atoms in total. The van der Waals surface area contributed by atoms with E-state index < -0.39 is 198 Å². The van der Waals surface area contributed by atoms with Gasteiger partial charge in [0, 0.05) is 26.7 Å². The Hall–Kier alpha value is -3.22. The molecule has 17 N–H and O–H groups in total. The molecule has 0 aromatic heterocycles. The van der Waals surface area contributed by atoms with Crippen LogP contribution >= 0.6 is 0 Å². The molecule has 572 valence electrons. The Morgan fingerprint density at radius 3 is 1.48 bits per heavy atom. The number of amides is 3. The molecule has 0 radical (unpaired) electrons. The van der Waals surface area contributed by atoms with Crippen molar-refractivity contribution in [1.82, 2.24) is 16.0 Å². The van der Waals surface area contributed by atoms with Crippen LogP contribution in [0.5, 0.6) is 0 Å². The minimum absolute atomic E-state index is 0.162. The van der Waals surface area contributed by atoms with Gasteiger partial charge in [-0.3, -0.25) is 14.4 Å². The first-order chi connectivity index (χ1) is 47.0. The molecule has 4 aliphatic rings. The molecule has 0 aliphatic carbocycles. The number of rotatable bonds is 51. The molecule has 4 aliphatic heterocycles. The monoisotopic (exact) mass is 1410 g/mol. The number of aliphatic hydroxyl groups excluding tert-OH is 13. The number of hydrogen-bond acceptors (Lipinski definition) is 25. The van der Waals surface area contributed by atoms with Crippen LogP contribution in [0.3, 0.4) is 0 Å². The zero-order chi connectivity index (χ0) is 72.2. The van der Waals surface area contributed by atoms with E-state index >= 15 is 0 Å². The zero-order valence-electron chi connectivity index (χ0n) is 58.5. The number of carboxylic acid groups (broad SMARTS) is 1. The molecule has 3 amide bonds. The first-order valence-corrected chi connectivity index (χ1v) is 36.6.